The minimum Gasteiger partial charge on any atom is -0.410 e. The summed E-state index contributed by atoms with van der Waals surface area (Å²) in [7, 11) is 0. The van der Waals surface area contributed by atoms with Crippen molar-refractivity contribution in [2.24, 2.45) is 0 Å². The highest BCUT2D eigenvalue weighted by Crippen LogP contribution is 2.38. The summed E-state index contributed by atoms with van der Waals surface area (Å²) in [4.78, 5) is 15.2. The molecule has 0 bridgehead atoms. The zero-order chi connectivity index (χ0) is 22.3. The lowest BCUT2D eigenvalue weighted by Crippen LogP contribution is -2.60. The molecule has 1 unspecified atom stereocenters. The van der Waals surface area contributed by atoms with E-state index in [1.165, 1.54) is 16.9 Å². The van der Waals surface area contributed by atoms with Gasteiger partial charge in [0.2, 0.25) is 0 Å². The number of anilines is 1. The van der Waals surface area contributed by atoms with Gasteiger partial charge in [0, 0.05) is 24.5 Å². The Morgan fingerprint density at radius 3 is 2.58 bits per heavy atom. The molecule has 4 N–H and O–H groups in total. The number of hydrogen-bond acceptors (Lipinski definition) is 8. The smallest absolute Gasteiger partial charge is 0.410 e. The van der Waals surface area contributed by atoms with Crippen molar-refractivity contribution in [1.29, 1.82) is 0 Å². The molecule has 0 saturated carbocycles. The van der Waals surface area contributed by atoms with Gasteiger partial charge in [0.25, 0.3) is 0 Å². The van der Waals surface area contributed by atoms with E-state index in [0.29, 0.717) is 40.2 Å². The lowest BCUT2D eigenvalue weighted by Gasteiger charge is -2.39. The number of hydrogen-bond donors (Lipinski definition) is 3. The van der Waals surface area contributed by atoms with E-state index in [1.54, 1.807) is 4.90 Å². The molecule has 31 heavy (non-hydrogen) atoms. The van der Waals surface area contributed by atoms with Gasteiger partial charge < -0.3 is 20.5 Å². The number of benzene rings is 1. The van der Waals surface area contributed by atoms with Crippen LogP contribution in [0.4, 0.5) is 10.5 Å². The normalized spacial score (nSPS) is 15.4. The number of carbonyl (C=O) groups excluding carboxylic acids is 1. The molecule has 164 valence electrons. The van der Waals surface area contributed by atoms with E-state index in [4.69, 9.17) is 10.5 Å². The second kappa shape index (κ2) is 8.41. The number of fused-ring (bicyclic) bond motifs is 1. The zero-order valence-corrected chi connectivity index (χ0v) is 18.9. The maximum absolute atomic E-state index is 12.3. The number of nitrogens with two attached hydrogens (primary N) is 1. The maximum atomic E-state index is 12.3. The highest BCUT2D eigenvalue weighted by Gasteiger charge is 2.34. The number of nitrogen functional groups attached to an aromatic ring is 1. The first-order valence-corrected chi connectivity index (χ1v) is 11.1. The first kappa shape index (κ1) is 21.5. The Morgan fingerprint density at radius 2 is 1.94 bits per heavy atom. The van der Waals surface area contributed by atoms with Crippen molar-refractivity contribution < 1.29 is 14.6 Å². The van der Waals surface area contributed by atoms with Crippen molar-refractivity contribution in [3.8, 4) is 5.75 Å². The van der Waals surface area contributed by atoms with Crippen LogP contribution in [0.15, 0.2) is 24.3 Å². The predicted octanol–water partition coefficient (Wildman–Crippen LogP) is 3.48. The number of carbonyl (C=O) groups is 1. The first-order valence-electron chi connectivity index (χ1n) is 10.3. The lowest BCUT2D eigenvalue weighted by molar-refractivity contribution is 0.0592. The van der Waals surface area contributed by atoms with E-state index in [1.807, 2.05) is 38.1 Å². The number of aryl methyl sites for hydroxylation is 2. The van der Waals surface area contributed by atoms with Gasteiger partial charge in [0.15, 0.2) is 0 Å². The minimum atomic E-state index is -0.939. The largest absolute Gasteiger partial charge is 0.415 e. The summed E-state index contributed by atoms with van der Waals surface area (Å²) in [5.74, 6) is 0.948. The van der Waals surface area contributed by atoms with Crippen LogP contribution in [0.1, 0.15) is 47.7 Å². The van der Waals surface area contributed by atoms with E-state index in [9.17, 15) is 9.90 Å². The molecule has 3 aromatic rings. The molecular formula is C22H27N5O3S. The van der Waals surface area contributed by atoms with Gasteiger partial charge in [-0.3, -0.25) is 5.32 Å². The molecule has 1 aliphatic rings. The molecule has 1 aromatic carbocycles. The second-order valence-electron chi connectivity index (χ2n) is 8.23. The maximum Gasteiger partial charge on any atom is 0.415 e. The van der Waals surface area contributed by atoms with Crippen molar-refractivity contribution in [3.63, 3.8) is 0 Å². The number of likely N-dealkylation sites (tertiary alicyclic amines) is 1. The third-order valence-corrected chi connectivity index (χ3v) is 6.84. The number of aromatic nitrogens is 2. The Kier molecular flexibility index (Phi) is 5.83. The van der Waals surface area contributed by atoms with E-state index in [0.717, 1.165) is 16.6 Å². The summed E-state index contributed by atoms with van der Waals surface area (Å²) in [6, 6.07) is 7.50. The molecule has 0 aliphatic carbocycles. The SMILES string of the molecule is Cc1nnc2sc(C(O)NC3CN(C(=O)Oc4ccc(C(C)C)cc4)C3)c(N)c2c1C. The molecule has 2 aromatic heterocycles. The Morgan fingerprint density at radius 1 is 1.26 bits per heavy atom. The van der Waals surface area contributed by atoms with Gasteiger partial charge in [0.1, 0.15) is 16.8 Å². The number of aliphatic hydroxyl groups is 1. The first-order chi connectivity index (χ1) is 14.7. The van der Waals surface area contributed by atoms with E-state index in [-0.39, 0.29) is 6.04 Å². The molecule has 0 radical (unpaired) electrons. The molecule has 1 amide bonds. The van der Waals surface area contributed by atoms with E-state index >= 15 is 0 Å². The lowest BCUT2D eigenvalue weighted by atomic mass is 10.0. The van der Waals surface area contributed by atoms with Gasteiger partial charge in [-0.25, -0.2) is 4.79 Å². The van der Waals surface area contributed by atoms with Crippen LogP contribution in [0.5, 0.6) is 5.75 Å². The van der Waals surface area contributed by atoms with Crippen LogP contribution >= 0.6 is 11.3 Å². The van der Waals surface area contributed by atoms with Crippen LogP contribution in [0.2, 0.25) is 0 Å². The third kappa shape index (κ3) is 4.21. The molecule has 8 nitrogen and oxygen atoms in total. The summed E-state index contributed by atoms with van der Waals surface area (Å²) >= 11 is 1.33. The molecular weight excluding hydrogens is 414 g/mol. The summed E-state index contributed by atoms with van der Waals surface area (Å²) in [6.45, 7) is 8.96. The Bertz CT molecular complexity index is 1110. The fourth-order valence-corrected chi connectivity index (χ4v) is 4.63. The molecule has 1 saturated heterocycles. The molecule has 4 rings (SSSR count). The van der Waals surface area contributed by atoms with Crippen molar-refractivity contribution in [2.75, 3.05) is 18.8 Å². The average molecular weight is 442 g/mol. The van der Waals surface area contributed by atoms with Gasteiger partial charge in [0.05, 0.1) is 16.3 Å². The van der Waals surface area contributed by atoms with Crippen LogP contribution in [0.25, 0.3) is 10.2 Å². The van der Waals surface area contributed by atoms with E-state index < -0.39 is 12.3 Å². The van der Waals surface area contributed by atoms with Crippen molar-refractivity contribution >= 4 is 33.3 Å². The van der Waals surface area contributed by atoms with Crippen LogP contribution in [-0.2, 0) is 0 Å². The van der Waals surface area contributed by atoms with Crippen LogP contribution in [0, 0.1) is 13.8 Å². The van der Waals surface area contributed by atoms with Crippen LogP contribution in [0.3, 0.4) is 0 Å². The fraction of sp³-hybridized carbons (Fsp3) is 0.409. The molecule has 3 heterocycles. The van der Waals surface area contributed by atoms with Crippen molar-refractivity contribution in [1.82, 2.24) is 20.4 Å². The van der Waals surface area contributed by atoms with Crippen molar-refractivity contribution in [3.05, 3.63) is 46.0 Å². The molecule has 1 aliphatic heterocycles. The number of rotatable bonds is 5. The third-order valence-electron chi connectivity index (χ3n) is 5.70. The van der Waals surface area contributed by atoms with Crippen LogP contribution < -0.4 is 15.8 Å². The van der Waals surface area contributed by atoms with Gasteiger partial charge >= 0.3 is 6.09 Å². The fourth-order valence-electron chi connectivity index (χ4n) is 3.58. The van der Waals surface area contributed by atoms with Gasteiger partial charge in [-0.1, -0.05) is 26.0 Å². The highest BCUT2D eigenvalue weighted by molar-refractivity contribution is 7.19. The average Bonchev–Trinajstić information content (AvgIpc) is 3.04. The molecule has 1 fully saturated rings. The summed E-state index contributed by atoms with van der Waals surface area (Å²) in [5.41, 5.74) is 9.80. The number of nitrogens with zero attached hydrogens (tertiary/aromatic N) is 3. The number of amides is 1. The Balaban J connectivity index is 1.33. The van der Waals surface area contributed by atoms with Crippen LogP contribution in [-0.4, -0.2) is 45.4 Å². The predicted molar refractivity (Wildman–Crippen MR) is 121 cm³/mol. The number of aliphatic hydroxyl groups excluding tert-OH is 1. The van der Waals surface area contributed by atoms with E-state index in [2.05, 4.69) is 29.4 Å². The van der Waals surface area contributed by atoms with Gasteiger partial charge in [-0.05, 0) is 43.0 Å². The Hall–Kier alpha value is -2.75. The Labute approximate surface area is 185 Å². The molecule has 9 heteroatoms. The zero-order valence-electron chi connectivity index (χ0n) is 18.0. The highest BCUT2D eigenvalue weighted by atomic mass is 32.1. The van der Waals surface area contributed by atoms with Crippen molar-refractivity contribution in [2.45, 2.75) is 45.9 Å². The summed E-state index contributed by atoms with van der Waals surface area (Å²) in [5, 5.41) is 23.0. The minimum absolute atomic E-state index is 0.0515. The number of nitrogens with one attached hydrogen (secondary N) is 1. The number of thiophene rings is 1. The van der Waals surface area contributed by atoms with Gasteiger partial charge in [-0.2, -0.15) is 5.10 Å². The quantitative estimate of drug-likeness (QED) is 0.520. The van der Waals surface area contributed by atoms with Gasteiger partial charge in [-0.15, -0.1) is 16.4 Å². The standard InChI is InChI=1S/C22H27N5O3S/c1-11(2)14-5-7-16(8-6-14)30-22(29)27-9-15(10-27)24-20(28)19-18(23)17-12(3)13(4)25-26-21(17)31-19/h5-8,11,15,20,24,28H,9-10,23H2,1-4H3. The second-order valence-corrected chi connectivity index (χ2v) is 9.26. The monoisotopic (exact) mass is 441 g/mol. The summed E-state index contributed by atoms with van der Waals surface area (Å²) < 4.78 is 5.44. The molecule has 1 atom stereocenters. The summed E-state index contributed by atoms with van der Waals surface area (Å²) in [6.07, 6.45) is -1.33. The number of ether oxygens (including phenoxy) is 1. The molecule has 0 spiro atoms. The topological polar surface area (TPSA) is 114 Å².